The summed E-state index contributed by atoms with van der Waals surface area (Å²) in [7, 11) is 4.19. The zero-order chi connectivity index (χ0) is 15.7. The molecule has 2 aromatic carbocycles. The molecule has 0 saturated heterocycles. The van der Waals surface area contributed by atoms with Gasteiger partial charge in [-0.3, -0.25) is 4.79 Å². The largest absolute Gasteiger partial charge is 0.308 e. The number of nitrogens with zero attached hydrogens (tertiary/aromatic N) is 2. The van der Waals surface area contributed by atoms with Gasteiger partial charge in [0.25, 0.3) is 5.91 Å². The van der Waals surface area contributed by atoms with Gasteiger partial charge in [0.15, 0.2) is 0 Å². The lowest BCUT2D eigenvalue weighted by Gasteiger charge is -2.37. The van der Waals surface area contributed by atoms with Crippen LogP contribution in [0.4, 0.5) is 5.69 Å². The summed E-state index contributed by atoms with van der Waals surface area (Å²) in [6.45, 7) is 2.77. The quantitative estimate of drug-likeness (QED) is 0.844. The Morgan fingerprint density at radius 3 is 2.64 bits per heavy atom. The van der Waals surface area contributed by atoms with E-state index in [4.69, 9.17) is 0 Å². The Kier molecular flexibility index (Phi) is 3.99. The van der Waals surface area contributed by atoms with Crippen LogP contribution in [0.5, 0.6) is 0 Å². The van der Waals surface area contributed by atoms with Gasteiger partial charge in [-0.25, -0.2) is 0 Å². The Morgan fingerprint density at radius 1 is 1.14 bits per heavy atom. The SMILES string of the molecule is Cc1cccc(C(=O)N2CCC(N(C)C)c3ccccc32)c1. The van der Waals surface area contributed by atoms with Crippen LogP contribution in [0.1, 0.15) is 33.9 Å². The summed E-state index contributed by atoms with van der Waals surface area (Å²) < 4.78 is 0. The fourth-order valence-electron chi connectivity index (χ4n) is 3.22. The molecule has 0 aromatic heterocycles. The normalized spacial score (nSPS) is 17.5. The van der Waals surface area contributed by atoms with Gasteiger partial charge in [0.2, 0.25) is 0 Å². The third-order valence-electron chi connectivity index (χ3n) is 4.35. The molecule has 0 aliphatic carbocycles. The second-order valence-electron chi connectivity index (χ2n) is 6.15. The molecule has 3 rings (SSSR count). The average Bonchev–Trinajstić information content (AvgIpc) is 2.53. The summed E-state index contributed by atoms with van der Waals surface area (Å²) in [5.74, 6) is 0.0911. The van der Waals surface area contributed by atoms with Crippen LogP contribution in [0.25, 0.3) is 0 Å². The smallest absolute Gasteiger partial charge is 0.258 e. The highest BCUT2D eigenvalue weighted by atomic mass is 16.2. The molecular formula is C19H22N2O. The monoisotopic (exact) mass is 294 g/mol. The molecule has 0 N–H and O–H groups in total. The number of aryl methyl sites for hydroxylation is 1. The van der Waals surface area contributed by atoms with Crippen LogP contribution in [-0.4, -0.2) is 31.4 Å². The van der Waals surface area contributed by atoms with Gasteiger partial charge in [-0.2, -0.15) is 0 Å². The van der Waals surface area contributed by atoms with E-state index in [-0.39, 0.29) is 5.91 Å². The van der Waals surface area contributed by atoms with Crippen LogP contribution in [0, 0.1) is 6.92 Å². The van der Waals surface area contributed by atoms with Crippen molar-refractivity contribution in [2.75, 3.05) is 25.5 Å². The van der Waals surface area contributed by atoms with Gasteiger partial charge in [-0.05, 0) is 51.2 Å². The van der Waals surface area contributed by atoms with Crippen molar-refractivity contribution >= 4 is 11.6 Å². The van der Waals surface area contributed by atoms with Gasteiger partial charge < -0.3 is 9.80 Å². The fourth-order valence-corrected chi connectivity index (χ4v) is 3.22. The molecule has 1 aliphatic heterocycles. The van der Waals surface area contributed by atoms with Crippen LogP contribution in [0.15, 0.2) is 48.5 Å². The highest BCUT2D eigenvalue weighted by Gasteiger charge is 2.29. The summed E-state index contributed by atoms with van der Waals surface area (Å²) in [6.07, 6.45) is 0.960. The lowest BCUT2D eigenvalue weighted by molar-refractivity contribution is 0.0980. The van der Waals surface area contributed by atoms with E-state index in [1.165, 1.54) is 5.56 Å². The Bertz CT molecular complexity index is 693. The number of amides is 1. The molecule has 1 aliphatic rings. The average molecular weight is 294 g/mol. The van der Waals surface area contributed by atoms with Crippen LogP contribution < -0.4 is 4.90 Å². The minimum absolute atomic E-state index is 0.0911. The van der Waals surface area contributed by atoms with E-state index in [0.717, 1.165) is 29.8 Å². The zero-order valence-corrected chi connectivity index (χ0v) is 13.4. The lowest BCUT2D eigenvalue weighted by Crippen LogP contribution is -2.39. The Morgan fingerprint density at radius 2 is 1.91 bits per heavy atom. The molecular weight excluding hydrogens is 272 g/mol. The molecule has 1 atom stereocenters. The Labute approximate surface area is 132 Å². The standard InChI is InChI=1S/C19H22N2O/c1-14-7-6-8-15(13-14)19(22)21-12-11-17(20(2)3)16-9-4-5-10-18(16)21/h4-10,13,17H,11-12H2,1-3H3. The van der Waals surface area contributed by atoms with E-state index >= 15 is 0 Å². The number of carbonyl (C=O) groups excluding carboxylic acids is 1. The first kappa shape index (κ1) is 14.8. The summed E-state index contributed by atoms with van der Waals surface area (Å²) in [5.41, 5.74) is 4.15. The number of rotatable bonds is 2. The third kappa shape index (κ3) is 2.64. The summed E-state index contributed by atoms with van der Waals surface area (Å²) in [4.78, 5) is 17.1. The highest BCUT2D eigenvalue weighted by Crippen LogP contribution is 2.36. The Balaban J connectivity index is 1.99. The molecule has 0 bridgehead atoms. The maximum Gasteiger partial charge on any atom is 0.258 e. The molecule has 0 fully saturated rings. The number of fused-ring (bicyclic) bond motifs is 1. The number of hydrogen-bond donors (Lipinski definition) is 0. The van der Waals surface area contributed by atoms with Crippen molar-refractivity contribution in [1.82, 2.24) is 4.90 Å². The molecule has 1 unspecified atom stereocenters. The maximum atomic E-state index is 12.9. The van der Waals surface area contributed by atoms with Gasteiger partial charge in [0, 0.05) is 23.8 Å². The minimum Gasteiger partial charge on any atom is -0.308 e. The molecule has 0 spiro atoms. The van der Waals surface area contributed by atoms with Crippen molar-refractivity contribution < 1.29 is 4.79 Å². The molecule has 3 nitrogen and oxygen atoms in total. The van der Waals surface area contributed by atoms with Crippen molar-refractivity contribution in [3.05, 3.63) is 65.2 Å². The van der Waals surface area contributed by atoms with E-state index in [1.807, 2.05) is 42.2 Å². The van der Waals surface area contributed by atoms with Gasteiger partial charge in [0.05, 0.1) is 0 Å². The number of para-hydroxylation sites is 1. The van der Waals surface area contributed by atoms with Crippen molar-refractivity contribution in [1.29, 1.82) is 0 Å². The summed E-state index contributed by atoms with van der Waals surface area (Å²) in [5, 5.41) is 0. The van der Waals surface area contributed by atoms with E-state index in [0.29, 0.717) is 6.04 Å². The second-order valence-corrected chi connectivity index (χ2v) is 6.15. The highest BCUT2D eigenvalue weighted by molar-refractivity contribution is 6.06. The molecule has 1 amide bonds. The third-order valence-corrected chi connectivity index (χ3v) is 4.35. The van der Waals surface area contributed by atoms with Crippen molar-refractivity contribution in [3.8, 4) is 0 Å². The molecule has 114 valence electrons. The first-order valence-corrected chi connectivity index (χ1v) is 7.72. The van der Waals surface area contributed by atoms with E-state index in [2.05, 4.69) is 37.2 Å². The molecule has 22 heavy (non-hydrogen) atoms. The predicted octanol–water partition coefficient (Wildman–Crippen LogP) is 3.65. The van der Waals surface area contributed by atoms with E-state index in [9.17, 15) is 4.79 Å². The zero-order valence-electron chi connectivity index (χ0n) is 13.4. The molecule has 0 radical (unpaired) electrons. The second kappa shape index (κ2) is 5.93. The van der Waals surface area contributed by atoms with Crippen molar-refractivity contribution in [2.45, 2.75) is 19.4 Å². The number of carbonyl (C=O) groups is 1. The fraction of sp³-hybridized carbons (Fsp3) is 0.316. The van der Waals surface area contributed by atoms with Crippen LogP contribution in [0.2, 0.25) is 0 Å². The van der Waals surface area contributed by atoms with Gasteiger partial charge >= 0.3 is 0 Å². The molecule has 3 heteroatoms. The first-order valence-electron chi connectivity index (χ1n) is 7.72. The van der Waals surface area contributed by atoms with Crippen molar-refractivity contribution in [2.24, 2.45) is 0 Å². The van der Waals surface area contributed by atoms with Crippen molar-refractivity contribution in [3.63, 3.8) is 0 Å². The van der Waals surface area contributed by atoms with E-state index in [1.54, 1.807) is 0 Å². The number of hydrogen-bond acceptors (Lipinski definition) is 2. The molecule has 1 heterocycles. The molecule has 2 aromatic rings. The predicted molar refractivity (Wildman–Crippen MR) is 90.3 cm³/mol. The van der Waals surface area contributed by atoms with Crippen LogP contribution >= 0.6 is 0 Å². The maximum absolute atomic E-state index is 12.9. The number of anilines is 1. The van der Waals surface area contributed by atoms with Gasteiger partial charge in [-0.1, -0.05) is 35.9 Å². The summed E-state index contributed by atoms with van der Waals surface area (Å²) >= 11 is 0. The topological polar surface area (TPSA) is 23.6 Å². The molecule has 0 saturated carbocycles. The van der Waals surface area contributed by atoms with Gasteiger partial charge in [-0.15, -0.1) is 0 Å². The van der Waals surface area contributed by atoms with Gasteiger partial charge in [0.1, 0.15) is 0 Å². The lowest BCUT2D eigenvalue weighted by atomic mass is 9.95. The minimum atomic E-state index is 0.0911. The van der Waals surface area contributed by atoms with Crippen LogP contribution in [-0.2, 0) is 0 Å². The number of benzene rings is 2. The van der Waals surface area contributed by atoms with Crippen LogP contribution in [0.3, 0.4) is 0 Å². The Hall–Kier alpha value is -2.13. The first-order chi connectivity index (χ1) is 10.6. The summed E-state index contributed by atoms with van der Waals surface area (Å²) in [6, 6.07) is 16.4. The van der Waals surface area contributed by atoms with E-state index < -0.39 is 0 Å².